The van der Waals surface area contributed by atoms with Crippen LogP contribution in [0.1, 0.15) is 53.3 Å². The van der Waals surface area contributed by atoms with E-state index in [0.29, 0.717) is 48.7 Å². The van der Waals surface area contributed by atoms with Gasteiger partial charge in [0.2, 0.25) is 0 Å². The predicted octanol–water partition coefficient (Wildman–Crippen LogP) is 2.73. The molecule has 2 aromatic rings. The molecule has 0 spiro atoms. The van der Waals surface area contributed by atoms with Crippen LogP contribution in [-0.2, 0) is 4.79 Å². The molecule has 9 heteroatoms. The largest absolute Gasteiger partial charge is 0.508 e. The summed E-state index contributed by atoms with van der Waals surface area (Å²) in [6, 6.07) is 11.0. The Morgan fingerprint density at radius 3 is 2.23 bits per heavy atom. The Hall–Kier alpha value is -3.75. The first-order valence-electron chi connectivity index (χ1n) is 12.0. The number of rotatable bonds is 11. The van der Waals surface area contributed by atoms with Crippen molar-refractivity contribution < 1.29 is 29.0 Å². The smallest absolute Gasteiger partial charge is 0.260 e. The summed E-state index contributed by atoms with van der Waals surface area (Å²) in [6.07, 6.45) is 3.72. The molecule has 188 valence electrons. The molecule has 0 aliphatic carbocycles. The minimum absolute atomic E-state index is 0.0290. The Bertz CT molecular complexity index is 1020. The third-order valence-electron chi connectivity index (χ3n) is 5.60. The van der Waals surface area contributed by atoms with Crippen LogP contribution < -0.4 is 20.1 Å². The topological polar surface area (TPSA) is 117 Å². The SMILES string of the molecule is CCOc1cc(C(=O)NCCCNC(=O)c2cccc(O)c2)ccc1OCC(=O)N1CCCCC1. The van der Waals surface area contributed by atoms with Crippen LogP contribution >= 0.6 is 0 Å². The number of phenols is 1. The van der Waals surface area contributed by atoms with Gasteiger partial charge in [0.1, 0.15) is 5.75 Å². The summed E-state index contributed by atoms with van der Waals surface area (Å²) in [5.41, 5.74) is 0.782. The highest BCUT2D eigenvalue weighted by molar-refractivity contribution is 5.95. The molecule has 0 radical (unpaired) electrons. The Morgan fingerprint density at radius 2 is 1.57 bits per heavy atom. The number of carbonyl (C=O) groups is 3. The van der Waals surface area contributed by atoms with Gasteiger partial charge in [-0.05, 0) is 69.0 Å². The van der Waals surface area contributed by atoms with Crippen molar-refractivity contribution in [1.29, 1.82) is 0 Å². The first kappa shape index (κ1) is 25.9. The van der Waals surface area contributed by atoms with E-state index in [-0.39, 0.29) is 30.1 Å². The number of ether oxygens (including phenoxy) is 2. The van der Waals surface area contributed by atoms with Gasteiger partial charge in [-0.1, -0.05) is 6.07 Å². The second-order valence-electron chi connectivity index (χ2n) is 8.24. The monoisotopic (exact) mass is 483 g/mol. The molecule has 1 aliphatic rings. The molecule has 0 bridgehead atoms. The Kier molecular flexibility index (Phi) is 9.77. The Balaban J connectivity index is 1.45. The van der Waals surface area contributed by atoms with E-state index in [0.717, 1.165) is 32.4 Å². The van der Waals surface area contributed by atoms with Gasteiger partial charge in [0.05, 0.1) is 6.61 Å². The second kappa shape index (κ2) is 13.2. The molecule has 3 amide bonds. The standard InChI is InChI=1S/C26H33N3O6/c1-2-34-23-17-20(10-11-22(23)35-18-24(31)29-14-4-3-5-15-29)26(33)28-13-7-12-27-25(32)19-8-6-9-21(30)16-19/h6,8-11,16-17,30H,2-5,7,12-15,18H2,1H3,(H,27,32)(H,28,33). The van der Waals surface area contributed by atoms with Gasteiger partial charge in [0.15, 0.2) is 18.1 Å². The first-order chi connectivity index (χ1) is 17.0. The number of amides is 3. The summed E-state index contributed by atoms with van der Waals surface area (Å²) in [4.78, 5) is 38.8. The fourth-order valence-corrected chi connectivity index (χ4v) is 3.75. The van der Waals surface area contributed by atoms with E-state index in [2.05, 4.69) is 10.6 Å². The highest BCUT2D eigenvalue weighted by atomic mass is 16.5. The highest BCUT2D eigenvalue weighted by Gasteiger charge is 2.18. The molecule has 0 atom stereocenters. The minimum atomic E-state index is -0.289. The van der Waals surface area contributed by atoms with Gasteiger partial charge >= 0.3 is 0 Å². The van der Waals surface area contributed by atoms with Crippen molar-refractivity contribution in [2.24, 2.45) is 0 Å². The Labute approximate surface area is 205 Å². The molecular weight excluding hydrogens is 450 g/mol. The number of piperidine rings is 1. The molecule has 1 saturated heterocycles. The summed E-state index contributed by atoms with van der Waals surface area (Å²) in [5, 5.41) is 15.0. The molecular formula is C26H33N3O6. The van der Waals surface area contributed by atoms with Crippen LogP contribution in [0.5, 0.6) is 17.2 Å². The van der Waals surface area contributed by atoms with Gasteiger partial charge in [-0.25, -0.2) is 0 Å². The minimum Gasteiger partial charge on any atom is -0.508 e. The number of nitrogens with one attached hydrogen (secondary N) is 2. The lowest BCUT2D eigenvalue weighted by Gasteiger charge is -2.26. The maximum atomic E-state index is 12.6. The van der Waals surface area contributed by atoms with Gasteiger partial charge in [-0.3, -0.25) is 14.4 Å². The van der Waals surface area contributed by atoms with E-state index < -0.39 is 0 Å². The van der Waals surface area contributed by atoms with Crippen LogP contribution in [0.2, 0.25) is 0 Å². The number of phenolic OH excluding ortho intramolecular Hbond substituents is 1. The summed E-state index contributed by atoms with van der Waals surface area (Å²) in [6.45, 7) is 4.42. The van der Waals surface area contributed by atoms with E-state index in [4.69, 9.17) is 9.47 Å². The molecule has 0 unspecified atom stereocenters. The van der Waals surface area contributed by atoms with Crippen LogP contribution in [0.15, 0.2) is 42.5 Å². The average Bonchev–Trinajstić information content (AvgIpc) is 2.88. The summed E-state index contributed by atoms with van der Waals surface area (Å²) in [5.74, 6) is 0.240. The quantitative estimate of drug-likeness (QED) is 0.423. The van der Waals surface area contributed by atoms with E-state index >= 15 is 0 Å². The number of nitrogens with zero attached hydrogens (tertiary/aromatic N) is 1. The zero-order valence-electron chi connectivity index (χ0n) is 20.0. The van der Waals surface area contributed by atoms with Gasteiger partial charge < -0.3 is 30.1 Å². The molecule has 2 aromatic carbocycles. The Morgan fingerprint density at radius 1 is 0.886 bits per heavy atom. The van der Waals surface area contributed by atoms with Crippen LogP contribution in [0.25, 0.3) is 0 Å². The van der Waals surface area contributed by atoms with Crippen molar-refractivity contribution in [2.45, 2.75) is 32.6 Å². The number of benzene rings is 2. The third-order valence-corrected chi connectivity index (χ3v) is 5.60. The highest BCUT2D eigenvalue weighted by Crippen LogP contribution is 2.28. The fourth-order valence-electron chi connectivity index (χ4n) is 3.75. The fraction of sp³-hybridized carbons (Fsp3) is 0.423. The molecule has 1 aliphatic heterocycles. The summed E-state index contributed by atoms with van der Waals surface area (Å²) >= 11 is 0. The number of hydrogen-bond acceptors (Lipinski definition) is 6. The van der Waals surface area contributed by atoms with Crippen LogP contribution in [0.4, 0.5) is 0 Å². The van der Waals surface area contributed by atoms with Crippen molar-refractivity contribution in [2.75, 3.05) is 39.4 Å². The molecule has 0 saturated carbocycles. The molecule has 1 fully saturated rings. The zero-order valence-corrected chi connectivity index (χ0v) is 20.0. The number of likely N-dealkylation sites (tertiary alicyclic amines) is 1. The first-order valence-corrected chi connectivity index (χ1v) is 12.0. The normalized spacial score (nSPS) is 13.1. The molecule has 9 nitrogen and oxygen atoms in total. The van der Waals surface area contributed by atoms with Crippen molar-refractivity contribution in [3.05, 3.63) is 53.6 Å². The van der Waals surface area contributed by atoms with Crippen LogP contribution in [0, 0.1) is 0 Å². The van der Waals surface area contributed by atoms with E-state index in [1.807, 2.05) is 11.8 Å². The number of aromatic hydroxyl groups is 1. The molecule has 0 aromatic heterocycles. The van der Waals surface area contributed by atoms with E-state index in [9.17, 15) is 19.5 Å². The molecule has 3 N–H and O–H groups in total. The van der Waals surface area contributed by atoms with E-state index in [1.165, 1.54) is 12.1 Å². The maximum absolute atomic E-state index is 12.6. The number of hydrogen-bond donors (Lipinski definition) is 3. The van der Waals surface area contributed by atoms with Crippen molar-refractivity contribution >= 4 is 17.7 Å². The van der Waals surface area contributed by atoms with Gasteiger partial charge in [-0.2, -0.15) is 0 Å². The van der Waals surface area contributed by atoms with Crippen molar-refractivity contribution in [3.8, 4) is 17.2 Å². The molecule has 1 heterocycles. The van der Waals surface area contributed by atoms with Gasteiger partial charge in [0.25, 0.3) is 17.7 Å². The lowest BCUT2D eigenvalue weighted by atomic mass is 10.1. The average molecular weight is 484 g/mol. The van der Waals surface area contributed by atoms with Gasteiger partial charge in [0, 0.05) is 37.3 Å². The lowest BCUT2D eigenvalue weighted by molar-refractivity contribution is -0.134. The predicted molar refractivity (Wildman–Crippen MR) is 131 cm³/mol. The molecule has 3 rings (SSSR count). The summed E-state index contributed by atoms with van der Waals surface area (Å²) in [7, 11) is 0. The summed E-state index contributed by atoms with van der Waals surface area (Å²) < 4.78 is 11.3. The van der Waals surface area contributed by atoms with Crippen LogP contribution in [0.3, 0.4) is 0 Å². The van der Waals surface area contributed by atoms with Gasteiger partial charge in [-0.15, -0.1) is 0 Å². The number of carbonyl (C=O) groups excluding carboxylic acids is 3. The third kappa shape index (κ3) is 7.91. The second-order valence-corrected chi connectivity index (χ2v) is 8.24. The van der Waals surface area contributed by atoms with Crippen molar-refractivity contribution in [1.82, 2.24) is 15.5 Å². The lowest BCUT2D eigenvalue weighted by Crippen LogP contribution is -2.38. The zero-order chi connectivity index (χ0) is 25.0. The van der Waals surface area contributed by atoms with Crippen LogP contribution in [-0.4, -0.2) is 67.1 Å². The molecule has 35 heavy (non-hydrogen) atoms. The maximum Gasteiger partial charge on any atom is 0.260 e. The van der Waals surface area contributed by atoms with E-state index in [1.54, 1.807) is 30.3 Å². The van der Waals surface area contributed by atoms with Crippen molar-refractivity contribution in [3.63, 3.8) is 0 Å².